The fourth-order valence-electron chi connectivity index (χ4n) is 2.32. The van der Waals surface area contributed by atoms with Gasteiger partial charge in [0.05, 0.1) is 4.90 Å². The van der Waals surface area contributed by atoms with Crippen molar-refractivity contribution in [2.24, 2.45) is 0 Å². The molecule has 1 aromatic carbocycles. The Bertz CT molecular complexity index is 554. The van der Waals surface area contributed by atoms with Gasteiger partial charge in [-0.15, -0.1) is 0 Å². The third-order valence-electron chi connectivity index (χ3n) is 3.85. The first-order valence-corrected chi connectivity index (χ1v) is 9.34. The molecule has 1 aromatic rings. The molecule has 21 heavy (non-hydrogen) atoms. The highest BCUT2D eigenvalue weighted by Gasteiger charge is 2.21. The number of hydrogen-bond acceptors (Lipinski definition) is 4. The van der Waals surface area contributed by atoms with E-state index in [1.54, 1.807) is 24.3 Å². The summed E-state index contributed by atoms with van der Waals surface area (Å²) in [6, 6.07) is 6.88. The highest BCUT2D eigenvalue weighted by atomic mass is 79.9. The Morgan fingerprint density at radius 1 is 1.19 bits per heavy atom. The Balaban J connectivity index is 1.90. The zero-order valence-corrected chi connectivity index (χ0v) is 14.8. The van der Waals surface area contributed by atoms with Gasteiger partial charge >= 0.3 is 0 Å². The normalized spacial score (nSPS) is 19.6. The van der Waals surface area contributed by atoms with Gasteiger partial charge in [0.1, 0.15) is 0 Å². The van der Waals surface area contributed by atoms with Crippen LogP contribution < -0.4 is 4.72 Å². The van der Waals surface area contributed by atoms with Gasteiger partial charge in [-0.2, -0.15) is 0 Å². The molecule has 118 valence electrons. The lowest BCUT2D eigenvalue weighted by molar-refractivity contribution is 0.120. The third-order valence-corrected chi connectivity index (χ3v) is 5.82. The minimum Gasteiger partial charge on any atom is -0.304 e. The van der Waals surface area contributed by atoms with Crippen molar-refractivity contribution in [1.29, 1.82) is 0 Å². The van der Waals surface area contributed by atoms with Crippen LogP contribution in [0.3, 0.4) is 0 Å². The summed E-state index contributed by atoms with van der Waals surface area (Å²) >= 11 is 3.31. The molecule has 0 saturated carbocycles. The first-order chi connectivity index (χ1) is 9.88. The molecule has 0 aliphatic carbocycles. The summed E-state index contributed by atoms with van der Waals surface area (Å²) in [5, 5.41) is 0. The van der Waals surface area contributed by atoms with Crippen LogP contribution in [-0.2, 0) is 10.0 Å². The number of rotatable bonds is 5. The van der Waals surface area contributed by atoms with Crippen LogP contribution in [0.4, 0.5) is 0 Å². The second kappa shape index (κ2) is 7.19. The van der Waals surface area contributed by atoms with Gasteiger partial charge in [0, 0.05) is 43.2 Å². The van der Waals surface area contributed by atoms with Gasteiger partial charge in [-0.3, -0.25) is 4.90 Å². The molecule has 1 saturated heterocycles. The Hall–Kier alpha value is -0.470. The molecule has 2 rings (SSSR count). The molecule has 5 nitrogen and oxygen atoms in total. The van der Waals surface area contributed by atoms with Crippen LogP contribution in [0.2, 0.25) is 0 Å². The number of hydrogen-bond donors (Lipinski definition) is 1. The number of likely N-dealkylation sites (N-methyl/N-ethyl adjacent to an activating group) is 1. The number of halogens is 1. The van der Waals surface area contributed by atoms with E-state index in [4.69, 9.17) is 0 Å². The first kappa shape index (κ1) is 16.9. The van der Waals surface area contributed by atoms with E-state index in [0.717, 1.165) is 30.7 Å². The molecular weight excluding hydrogens is 354 g/mol. The van der Waals surface area contributed by atoms with E-state index in [9.17, 15) is 8.42 Å². The van der Waals surface area contributed by atoms with Crippen molar-refractivity contribution in [3.8, 4) is 0 Å². The summed E-state index contributed by atoms with van der Waals surface area (Å²) < 4.78 is 28.0. The number of piperazine rings is 1. The molecule has 0 radical (unpaired) electrons. The fraction of sp³-hybridized carbons (Fsp3) is 0.571. The number of benzene rings is 1. The van der Waals surface area contributed by atoms with Gasteiger partial charge in [-0.05, 0) is 38.2 Å². The first-order valence-electron chi connectivity index (χ1n) is 7.06. The van der Waals surface area contributed by atoms with Gasteiger partial charge in [0.25, 0.3) is 0 Å². The molecule has 1 aliphatic heterocycles. The quantitative estimate of drug-likeness (QED) is 0.844. The average molecular weight is 376 g/mol. The van der Waals surface area contributed by atoms with E-state index < -0.39 is 10.0 Å². The molecule has 0 bridgehead atoms. The molecule has 1 N–H and O–H groups in total. The van der Waals surface area contributed by atoms with E-state index in [1.165, 1.54) is 0 Å². The van der Waals surface area contributed by atoms with Crippen LogP contribution in [0.15, 0.2) is 33.6 Å². The van der Waals surface area contributed by atoms with Crippen molar-refractivity contribution in [3.05, 3.63) is 28.7 Å². The lowest BCUT2D eigenvalue weighted by Gasteiger charge is -2.36. The van der Waals surface area contributed by atoms with E-state index in [2.05, 4.69) is 44.4 Å². The van der Waals surface area contributed by atoms with Crippen molar-refractivity contribution in [3.63, 3.8) is 0 Å². The second-order valence-electron chi connectivity index (χ2n) is 5.49. The van der Waals surface area contributed by atoms with Crippen LogP contribution in [0.1, 0.15) is 6.92 Å². The van der Waals surface area contributed by atoms with Gasteiger partial charge in [-0.1, -0.05) is 15.9 Å². The maximum absolute atomic E-state index is 12.2. The van der Waals surface area contributed by atoms with Gasteiger partial charge in [0.15, 0.2) is 0 Å². The summed E-state index contributed by atoms with van der Waals surface area (Å²) in [5.74, 6) is 0. The van der Waals surface area contributed by atoms with Crippen molar-refractivity contribution in [1.82, 2.24) is 14.5 Å². The van der Waals surface area contributed by atoms with Crippen molar-refractivity contribution >= 4 is 26.0 Å². The smallest absolute Gasteiger partial charge is 0.240 e. The monoisotopic (exact) mass is 375 g/mol. The Morgan fingerprint density at radius 3 is 2.33 bits per heavy atom. The van der Waals surface area contributed by atoms with Gasteiger partial charge < -0.3 is 4.90 Å². The zero-order chi connectivity index (χ0) is 15.5. The maximum atomic E-state index is 12.2. The molecule has 1 heterocycles. The van der Waals surface area contributed by atoms with Crippen LogP contribution in [0, 0.1) is 0 Å². The summed E-state index contributed by atoms with van der Waals surface area (Å²) in [5.41, 5.74) is 0. The lowest BCUT2D eigenvalue weighted by Crippen LogP contribution is -2.51. The SMILES string of the molecule is C[C@H](CNS(=O)(=O)c1ccc(Br)cc1)N1CCN(C)CC1. The molecule has 0 spiro atoms. The number of sulfonamides is 1. The van der Waals surface area contributed by atoms with Crippen molar-refractivity contribution in [2.45, 2.75) is 17.9 Å². The van der Waals surface area contributed by atoms with Crippen LogP contribution >= 0.6 is 15.9 Å². The molecule has 1 atom stereocenters. The minimum atomic E-state index is -3.43. The topological polar surface area (TPSA) is 52.7 Å². The Kier molecular flexibility index (Phi) is 5.79. The summed E-state index contributed by atoms with van der Waals surface area (Å²) in [4.78, 5) is 4.91. The third kappa shape index (κ3) is 4.75. The molecule has 1 aliphatic rings. The van der Waals surface area contributed by atoms with Crippen molar-refractivity contribution in [2.75, 3.05) is 39.8 Å². The Labute approximate surface area is 135 Å². The maximum Gasteiger partial charge on any atom is 0.240 e. The second-order valence-corrected chi connectivity index (χ2v) is 8.18. The van der Waals surface area contributed by atoms with E-state index in [0.29, 0.717) is 11.4 Å². The fourth-order valence-corrected chi connectivity index (χ4v) is 3.71. The van der Waals surface area contributed by atoms with E-state index >= 15 is 0 Å². The molecule has 7 heteroatoms. The molecule has 0 amide bonds. The highest BCUT2D eigenvalue weighted by Crippen LogP contribution is 2.14. The van der Waals surface area contributed by atoms with E-state index in [1.807, 2.05) is 0 Å². The predicted molar refractivity (Wildman–Crippen MR) is 87.9 cm³/mol. The lowest BCUT2D eigenvalue weighted by atomic mass is 10.2. The molecule has 1 fully saturated rings. The number of nitrogens with one attached hydrogen (secondary N) is 1. The molecule has 0 unspecified atom stereocenters. The summed E-state index contributed by atoms with van der Waals surface area (Å²) in [6.07, 6.45) is 0. The van der Waals surface area contributed by atoms with Crippen molar-refractivity contribution < 1.29 is 8.42 Å². The van der Waals surface area contributed by atoms with Gasteiger partial charge in [-0.25, -0.2) is 13.1 Å². The summed E-state index contributed by atoms with van der Waals surface area (Å²) in [6.45, 7) is 6.53. The number of nitrogens with zero attached hydrogens (tertiary/aromatic N) is 2. The molecule has 0 aromatic heterocycles. The standard InChI is InChI=1S/C14H22BrN3O2S/c1-12(18-9-7-17(2)8-10-18)11-16-21(19,20)14-5-3-13(15)4-6-14/h3-6,12,16H,7-11H2,1-2H3/t12-/m1/s1. The zero-order valence-electron chi connectivity index (χ0n) is 12.4. The largest absolute Gasteiger partial charge is 0.304 e. The Morgan fingerprint density at radius 2 is 1.76 bits per heavy atom. The molecular formula is C14H22BrN3O2S. The van der Waals surface area contributed by atoms with Gasteiger partial charge in [0.2, 0.25) is 10.0 Å². The van der Waals surface area contributed by atoms with Crippen LogP contribution in [-0.4, -0.2) is 64.0 Å². The average Bonchev–Trinajstić information content (AvgIpc) is 2.46. The minimum absolute atomic E-state index is 0.198. The van der Waals surface area contributed by atoms with E-state index in [-0.39, 0.29) is 6.04 Å². The predicted octanol–water partition coefficient (Wildman–Crippen LogP) is 1.36. The van der Waals surface area contributed by atoms with Crippen LogP contribution in [0.5, 0.6) is 0 Å². The summed E-state index contributed by atoms with van der Waals surface area (Å²) in [7, 11) is -1.32. The van der Waals surface area contributed by atoms with Crippen LogP contribution in [0.25, 0.3) is 0 Å². The highest BCUT2D eigenvalue weighted by molar-refractivity contribution is 9.10.